The zero-order chi connectivity index (χ0) is 6.97. The van der Waals surface area contributed by atoms with Crippen molar-refractivity contribution in [1.82, 2.24) is 15.1 Å². The Morgan fingerprint density at radius 2 is 2.50 bits per heavy atom. The first-order valence-electron chi connectivity index (χ1n) is 3.27. The maximum Gasteiger partial charge on any atom is 0.127 e. The quantitative estimate of drug-likeness (QED) is 0.650. The maximum absolute atomic E-state index is 5.82. The fourth-order valence-electron chi connectivity index (χ4n) is 1.01. The molecule has 0 amide bonds. The molecule has 1 aliphatic heterocycles. The number of nitrogens with one attached hydrogen (secondary N) is 1. The normalized spacial score (nSPS) is 18.9. The molecule has 0 saturated carbocycles. The van der Waals surface area contributed by atoms with Gasteiger partial charge >= 0.3 is 0 Å². The molecule has 0 aromatic carbocycles. The van der Waals surface area contributed by atoms with Crippen LogP contribution in [0.2, 0.25) is 5.15 Å². The van der Waals surface area contributed by atoms with Crippen molar-refractivity contribution >= 4 is 11.6 Å². The highest BCUT2D eigenvalue weighted by atomic mass is 35.5. The molecule has 1 aliphatic rings. The Bertz CT molecular complexity index is 229. The minimum atomic E-state index is 0.475. The largest absolute Gasteiger partial charge is 0.312 e. The monoisotopic (exact) mass is 157 g/mol. The van der Waals surface area contributed by atoms with E-state index in [9.17, 15) is 0 Å². The van der Waals surface area contributed by atoms with E-state index in [-0.39, 0.29) is 0 Å². The summed E-state index contributed by atoms with van der Waals surface area (Å²) in [6.45, 7) is 1.98. The van der Waals surface area contributed by atoms with Crippen LogP contribution in [0, 0.1) is 0 Å². The van der Waals surface area contributed by atoms with Gasteiger partial charge < -0.3 is 5.32 Å². The molecule has 54 valence electrons. The second-order valence-corrected chi connectivity index (χ2v) is 2.80. The second kappa shape index (κ2) is 2.25. The second-order valence-electron chi connectivity index (χ2n) is 2.41. The zero-order valence-corrected chi connectivity index (χ0v) is 6.17. The first-order valence-corrected chi connectivity index (χ1v) is 3.65. The van der Waals surface area contributed by atoms with Crippen molar-refractivity contribution in [3.05, 3.63) is 17.4 Å². The lowest BCUT2D eigenvalue weighted by atomic mass is 10.2. The average Bonchev–Trinajstić information content (AvgIpc) is 2.12. The molecule has 1 aromatic rings. The van der Waals surface area contributed by atoms with Crippen LogP contribution in [0.5, 0.6) is 0 Å². The zero-order valence-electron chi connectivity index (χ0n) is 5.42. The fourth-order valence-corrected chi connectivity index (χ4v) is 1.25. The molecule has 1 fully saturated rings. The van der Waals surface area contributed by atoms with Gasteiger partial charge in [0.2, 0.25) is 0 Å². The van der Waals surface area contributed by atoms with E-state index in [2.05, 4.69) is 10.4 Å². The highest BCUT2D eigenvalue weighted by Crippen LogP contribution is 2.16. The summed E-state index contributed by atoms with van der Waals surface area (Å²) in [4.78, 5) is 0. The molecule has 0 atom stereocenters. The Kier molecular flexibility index (Phi) is 1.39. The summed E-state index contributed by atoms with van der Waals surface area (Å²) in [5.74, 6) is 0. The van der Waals surface area contributed by atoms with Gasteiger partial charge in [0.15, 0.2) is 0 Å². The predicted octanol–water partition coefficient (Wildman–Crippen LogP) is 0.681. The lowest BCUT2D eigenvalue weighted by molar-refractivity contribution is 0.318. The van der Waals surface area contributed by atoms with E-state index in [0.29, 0.717) is 6.04 Å². The first-order chi connectivity index (χ1) is 4.88. The third kappa shape index (κ3) is 0.822. The molecule has 3 nitrogen and oxygen atoms in total. The molecule has 1 N–H and O–H groups in total. The van der Waals surface area contributed by atoms with Gasteiger partial charge in [-0.25, -0.2) is 4.68 Å². The van der Waals surface area contributed by atoms with Crippen molar-refractivity contribution in [2.75, 3.05) is 13.1 Å². The summed E-state index contributed by atoms with van der Waals surface area (Å²) >= 11 is 5.82. The Morgan fingerprint density at radius 3 is 2.90 bits per heavy atom. The van der Waals surface area contributed by atoms with Gasteiger partial charge in [0.1, 0.15) is 5.15 Å². The average molecular weight is 158 g/mol. The number of nitrogens with zero attached hydrogens (tertiary/aromatic N) is 2. The Balaban J connectivity index is 2.23. The SMILES string of the molecule is Clc1ccnn1C1CNC1. The molecule has 0 spiro atoms. The highest BCUT2D eigenvalue weighted by Gasteiger charge is 2.20. The van der Waals surface area contributed by atoms with Crippen LogP contribution < -0.4 is 5.32 Å². The predicted molar refractivity (Wildman–Crippen MR) is 39.1 cm³/mol. The molecule has 0 unspecified atom stereocenters. The molecule has 10 heavy (non-hydrogen) atoms. The Labute approximate surface area is 64.0 Å². The van der Waals surface area contributed by atoms with Crippen molar-refractivity contribution in [3.8, 4) is 0 Å². The van der Waals surface area contributed by atoms with Crippen LogP contribution in [0.1, 0.15) is 6.04 Å². The number of rotatable bonds is 1. The van der Waals surface area contributed by atoms with Crippen LogP contribution in [-0.2, 0) is 0 Å². The third-order valence-corrected chi connectivity index (χ3v) is 2.03. The minimum Gasteiger partial charge on any atom is -0.312 e. The molecule has 2 heterocycles. The third-order valence-electron chi connectivity index (χ3n) is 1.73. The van der Waals surface area contributed by atoms with Crippen LogP contribution in [0.15, 0.2) is 12.3 Å². The first kappa shape index (κ1) is 6.19. The summed E-state index contributed by atoms with van der Waals surface area (Å²) in [6, 6.07) is 2.28. The Hall–Kier alpha value is -0.540. The molecule has 1 aromatic heterocycles. The lowest BCUT2D eigenvalue weighted by Crippen LogP contribution is -2.43. The number of hydrogen-bond acceptors (Lipinski definition) is 2. The van der Waals surface area contributed by atoms with E-state index in [1.165, 1.54) is 0 Å². The van der Waals surface area contributed by atoms with Crippen molar-refractivity contribution < 1.29 is 0 Å². The summed E-state index contributed by atoms with van der Waals surface area (Å²) < 4.78 is 1.85. The number of hydrogen-bond donors (Lipinski definition) is 1. The molecular weight excluding hydrogens is 150 g/mol. The standard InChI is InChI=1S/C6H8ClN3/c7-6-1-2-9-10(6)5-3-8-4-5/h1-2,5,8H,3-4H2. The van der Waals surface area contributed by atoms with E-state index in [1.54, 1.807) is 12.3 Å². The topological polar surface area (TPSA) is 29.9 Å². The van der Waals surface area contributed by atoms with Gasteiger partial charge in [-0.1, -0.05) is 11.6 Å². The van der Waals surface area contributed by atoms with Gasteiger partial charge in [0.25, 0.3) is 0 Å². The Morgan fingerprint density at radius 1 is 1.70 bits per heavy atom. The van der Waals surface area contributed by atoms with E-state index in [4.69, 9.17) is 11.6 Å². The molecule has 1 saturated heterocycles. The minimum absolute atomic E-state index is 0.475. The van der Waals surface area contributed by atoms with Gasteiger partial charge in [-0.15, -0.1) is 0 Å². The van der Waals surface area contributed by atoms with Crippen LogP contribution >= 0.6 is 11.6 Å². The summed E-state index contributed by atoms with van der Waals surface area (Å²) in [7, 11) is 0. The summed E-state index contributed by atoms with van der Waals surface area (Å²) in [6.07, 6.45) is 1.72. The smallest absolute Gasteiger partial charge is 0.127 e. The van der Waals surface area contributed by atoms with Gasteiger partial charge in [-0.05, 0) is 6.07 Å². The molecular formula is C6H8ClN3. The van der Waals surface area contributed by atoms with E-state index < -0.39 is 0 Å². The van der Waals surface area contributed by atoms with Crippen molar-refractivity contribution in [2.24, 2.45) is 0 Å². The fraction of sp³-hybridized carbons (Fsp3) is 0.500. The van der Waals surface area contributed by atoms with Gasteiger partial charge in [0.05, 0.1) is 12.2 Å². The number of aromatic nitrogens is 2. The molecule has 0 aliphatic carbocycles. The maximum atomic E-state index is 5.82. The van der Waals surface area contributed by atoms with Crippen LogP contribution in [0.4, 0.5) is 0 Å². The van der Waals surface area contributed by atoms with E-state index >= 15 is 0 Å². The molecule has 0 radical (unpaired) electrons. The summed E-state index contributed by atoms with van der Waals surface area (Å²) in [5, 5.41) is 7.97. The number of halogens is 1. The highest BCUT2D eigenvalue weighted by molar-refractivity contribution is 6.29. The van der Waals surface area contributed by atoms with Crippen molar-refractivity contribution in [2.45, 2.75) is 6.04 Å². The van der Waals surface area contributed by atoms with Crippen molar-refractivity contribution in [3.63, 3.8) is 0 Å². The lowest BCUT2D eigenvalue weighted by Gasteiger charge is -2.27. The molecule has 4 heteroatoms. The van der Waals surface area contributed by atoms with Crippen LogP contribution in [-0.4, -0.2) is 22.9 Å². The van der Waals surface area contributed by atoms with Gasteiger partial charge in [-0.3, -0.25) is 0 Å². The van der Waals surface area contributed by atoms with Crippen molar-refractivity contribution in [1.29, 1.82) is 0 Å². The van der Waals surface area contributed by atoms with E-state index in [0.717, 1.165) is 18.2 Å². The summed E-state index contributed by atoms with van der Waals surface area (Å²) in [5.41, 5.74) is 0. The molecule has 0 bridgehead atoms. The van der Waals surface area contributed by atoms with Crippen LogP contribution in [0.25, 0.3) is 0 Å². The van der Waals surface area contributed by atoms with Gasteiger partial charge in [-0.2, -0.15) is 5.10 Å². The molecule has 2 rings (SSSR count). The van der Waals surface area contributed by atoms with E-state index in [1.807, 2.05) is 4.68 Å². The van der Waals surface area contributed by atoms with Crippen LogP contribution in [0.3, 0.4) is 0 Å². The van der Waals surface area contributed by atoms with Gasteiger partial charge in [0, 0.05) is 13.1 Å².